The van der Waals surface area contributed by atoms with Crippen LogP contribution >= 0.6 is 0 Å². The van der Waals surface area contributed by atoms with E-state index >= 15 is 0 Å². The van der Waals surface area contributed by atoms with Crippen LogP contribution < -0.4 is 11.1 Å². The van der Waals surface area contributed by atoms with E-state index in [-0.39, 0.29) is 18.2 Å². The van der Waals surface area contributed by atoms with Gasteiger partial charge in [-0.1, -0.05) is 65.8 Å². The molecule has 0 bridgehead atoms. The zero-order chi connectivity index (χ0) is 15.1. The second kappa shape index (κ2) is 7.09. The van der Waals surface area contributed by atoms with Gasteiger partial charge < -0.3 is 16.3 Å². The van der Waals surface area contributed by atoms with Crippen molar-refractivity contribution < 1.29 is 10.0 Å². The van der Waals surface area contributed by atoms with Crippen LogP contribution in [0.1, 0.15) is 17.2 Å². The van der Waals surface area contributed by atoms with E-state index < -0.39 is 6.04 Å². The number of hydrogen-bond acceptors (Lipinski definition) is 3. The number of amides is 1. The minimum atomic E-state index is -0.646. The lowest BCUT2D eigenvalue weighted by Gasteiger charge is -2.17. The second-order valence-corrected chi connectivity index (χ2v) is 4.60. The van der Waals surface area contributed by atoms with E-state index in [1.54, 1.807) is 0 Å². The van der Waals surface area contributed by atoms with Crippen molar-refractivity contribution in [3.63, 3.8) is 0 Å². The highest BCUT2D eigenvalue weighted by atomic mass is 16.4. The van der Waals surface area contributed by atoms with Gasteiger partial charge in [0.15, 0.2) is 5.84 Å². The number of amidine groups is 1. The fourth-order valence-corrected chi connectivity index (χ4v) is 2.02. The summed E-state index contributed by atoms with van der Waals surface area (Å²) in [6, 6.07) is 17.9. The molecule has 21 heavy (non-hydrogen) atoms. The Hall–Kier alpha value is -2.82. The maximum atomic E-state index is 12.1. The highest BCUT2D eigenvalue weighted by Gasteiger charge is 2.18. The first-order valence-corrected chi connectivity index (χ1v) is 6.56. The summed E-state index contributed by atoms with van der Waals surface area (Å²) in [4.78, 5) is 12.1. The number of nitrogens with two attached hydrogens (primary N) is 1. The van der Waals surface area contributed by atoms with E-state index in [0.29, 0.717) is 0 Å². The van der Waals surface area contributed by atoms with Crippen LogP contribution in [-0.2, 0) is 11.2 Å². The lowest BCUT2D eigenvalue weighted by molar-refractivity contribution is -0.120. The minimum absolute atomic E-state index is 0.0531. The van der Waals surface area contributed by atoms with Crippen LogP contribution in [0.25, 0.3) is 0 Å². The lowest BCUT2D eigenvalue weighted by Crippen LogP contribution is -2.38. The molecule has 0 aliphatic rings. The van der Waals surface area contributed by atoms with Crippen molar-refractivity contribution >= 4 is 11.7 Å². The molecule has 108 valence electrons. The molecule has 0 radical (unpaired) electrons. The topological polar surface area (TPSA) is 87.7 Å². The van der Waals surface area contributed by atoms with Gasteiger partial charge >= 0.3 is 0 Å². The smallest absolute Gasteiger partial charge is 0.225 e. The van der Waals surface area contributed by atoms with Crippen LogP contribution in [0.2, 0.25) is 0 Å². The molecule has 0 fully saturated rings. The summed E-state index contributed by atoms with van der Waals surface area (Å²) in [6.45, 7) is 0. The summed E-state index contributed by atoms with van der Waals surface area (Å²) in [5.74, 6) is -0.246. The molecule has 5 heteroatoms. The zero-order valence-electron chi connectivity index (χ0n) is 11.4. The Bertz CT molecular complexity index is 612. The highest BCUT2D eigenvalue weighted by Crippen LogP contribution is 2.13. The fourth-order valence-electron chi connectivity index (χ4n) is 2.02. The highest BCUT2D eigenvalue weighted by molar-refractivity contribution is 5.91. The average molecular weight is 283 g/mol. The molecule has 0 aliphatic carbocycles. The first-order chi connectivity index (χ1) is 10.2. The summed E-state index contributed by atoms with van der Waals surface area (Å²) in [5.41, 5.74) is 7.34. The number of carbonyl (C=O) groups excluding carboxylic acids is 1. The summed E-state index contributed by atoms with van der Waals surface area (Å²) in [7, 11) is 0. The van der Waals surface area contributed by atoms with Gasteiger partial charge in [0, 0.05) is 0 Å². The van der Waals surface area contributed by atoms with Crippen molar-refractivity contribution in [1.29, 1.82) is 0 Å². The Morgan fingerprint density at radius 2 is 1.67 bits per heavy atom. The van der Waals surface area contributed by atoms with Gasteiger partial charge in [0.2, 0.25) is 5.91 Å². The summed E-state index contributed by atoms with van der Waals surface area (Å²) >= 11 is 0. The Morgan fingerprint density at radius 3 is 2.24 bits per heavy atom. The summed E-state index contributed by atoms with van der Waals surface area (Å²) in [5, 5.41) is 14.7. The quantitative estimate of drug-likeness (QED) is 0.338. The van der Waals surface area contributed by atoms with E-state index in [4.69, 9.17) is 10.9 Å². The molecule has 0 heterocycles. The first-order valence-electron chi connectivity index (χ1n) is 6.56. The second-order valence-electron chi connectivity index (χ2n) is 4.60. The van der Waals surface area contributed by atoms with Crippen molar-refractivity contribution in [2.24, 2.45) is 10.9 Å². The standard InChI is InChI=1S/C16H17N3O2/c17-16(19-21)15(13-9-5-2-6-10-13)18-14(20)11-12-7-3-1-4-8-12/h1-10,15,21H,11H2,(H2,17,19)(H,18,20). The van der Waals surface area contributed by atoms with E-state index in [2.05, 4.69) is 10.5 Å². The van der Waals surface area contributed by atoms with E-state index in [1.807, 2.05) is 60.7 Å². The molecule has 2 aromatic carbocycles. The van der Waals surface area contributed by atoms with Crippen LogP contribution in [-0.4, -0.2) is 17.0 Å². The number of hydrogen-bond donors (Lipinski definition) is 3. The third kappa shape index (κ3) is 4.07. The Kier molecular flexibility index (Phi) is 4.93. The number of nitrogens with zero attached hydrogens (tertiary/aromatic N) is 1. The van der Waals surface area contributed by atoms with Crippen molar-refractivity contribution in [2.75, 3.05) is 0 Å². The Labute approximate surface area is 123 Å². The van der Waals surface area contributed by atoms with Gasteiger partial charge in [-0.05, 0) is 11.1 Å². The van der Waals surface area contributed by atoms with Crippen LogP contribution in [0.15, 0.2) is 65.8 Å². The van der Waals surface area contributed by atoms with Crippen LogP contribution in [0, 0.1) is 0 Å². The predicted octanol–water partition coefficient (Wildman–Crippen LogP) is 1.83. The third-order valence-electron chi connectivity index (χ3n) is 3.06. The fraction of sp³-hybridized carbons (Fsp3) is 0.125. The predicted molar refractivity (Wildman–Crippen MR) is 80.9 cm³/mol. The van der Waals surface area contributed by atoms with E-state index in [1.165, 1.54) is 0 Å². The molecule has 1 amide bonds. The van der Waals surface area contributed by atoms with Gasteiger partial charge in [0.1, 0.15) is 6.04 Å². The molecule has 0 spiro atoms. The van der Waals surface area contributed by atoms with Crippen LogP contribution in [0.4, 0.5) is 0 Å². The largest absolute Gasteiger partial charge is 0.409 e. The first kappa shape index (κ1) is 14.6. The molecule has 0 aromatic heterocycles. The number of benzene rings is 2. The molecule has 2 aromatic rings. The number of carbonyl (C=O) groups is 1. The monoisotopic (exact) mass is 283 g/mol. The van der Waals surface area contributed by atoms with E-state index in [9.17, 15) is 4.79 Å². The third-order valence-corrected chi connectivity index (χ3v) is 3.06. The summed E-state index contributed by atoms with van der Waals surface area (Å²) in [6.07, 6.45) is 0.239. The molecule has 0 saturated carbocycles. The molecule has 2 rings (SSSR count). The lowest BCUT2D eigenvalue weighted by atomic mass is 10.1. The molecule has 1 unspecified atom stereocenters. The Morgan fingerprint density at radius 1 is 1.10 bits per heavy atom. The van der Waals surface area contributed by atoms with Crippen LogP contribution in [0.5, 0.6) is 0 Å². The molecule has 5 nitrogen and oxygen atoms in total. The zero-order valence-corrected chi connectivity index (χ0v) is 11.4. The maximum Gasteiger partial charge on any atom is 0.225 e. The normalized spacial score (nSPS) is 12.7. The van der Waals surface area contributed by atoms with Gasteiger partial charge in [-0.15, -0.1) is 0 Å². The molecule has 1 atom stereocenters. The van der Waals surface area contributed by atoms with Gasteiger partial charge in [0.25, 0.3) is 0 Å². The van der Waals surface area contributed by atoms with E-state index in [0.717, 1.165) is 11.1 Å². The number of nitrogens with one attached hydrogen (secondary N) is 1. The van der Waals surface area contributed by atoms with Crippen LogP contribution in [0.3, 0.4) is 0 Å². The van der Waals surface area contributed by atoms with Gasteiger partial charge in [-0.3, -0.25) is 4.79 Å². The molecule has 0 aliphatic heterocycles. The molecule has 0 saturated heterocycles. The SMILES string of the molecule is N/C(=N/O)C(NC(=O)Cc1ccccc1)c1ccccc1. The van der Waals surface area contributed by atoms with Crippen molar-refractivity contribution in [3.8, 4) is 0 Å². The Balaban J connectivity index is 2.11. The minimum Gasteiger partial charge on any atom is -0.409 e. The van der Waals surface area contributed by atoms with Crippen molar-refractivity contribution in [2.45, 2.75) is 12.5 Å². The van der Waals surface area contributed by atoms with Gasteiger partial charge in [-0.2, -0.15) is 0 Å². The molecular weight excluding hydrogens is 266 g/mol. The van der Waals surface area contributed by atoms with Gasteiger partial charge in [-0.25, -0.2) is 0 Å². The molecular formula is C16H17N3O2. The summed E-state index contributed by atoms with van der Waals surface area (Å²) < 4.78 is 0. The van der Waals surface area contributed by atoms with Gasteiger partial charge in [0.05, 0.1) is 6.42 Å². The van der Waals surface area contributed by atoms with Crippen molar-refractivity contribution in [1.82, 2.24) is 5.32 Å². The number of rotatable bonds is 5. The number of oxime groups is 1. The average Bonchev–Trinajstić information content (AvgIpc) is 2.53. The molecule has 4 N–H and O–H groups in total. The van der Waals surface area contributed by atoms with Crippen molar-refractivity contribution in [3.05, 3.63) is 71.8 Å². The maximum absolute atomic E-state index is 12.1.